The van der Waals surface area contributed by atoms with Gasteiger partial charge in [0.05, 0.1) is 25.3 Å². The summed E-state index contributed by atoms with van der Waals surface area (Å²) < 4.78 is 5.42. The van der Waals surface area contributed by atoms with Crippen molar-refractivity contribution in [1.29, 1.82) is 0 Å². The van der Waals surface area contributed by atoms with E-state index in [9.17, 15) is 9.59 Å². The van der Waals surface area contributed by atoms with Crippen molar-refractivity contribution >= 4 is 17.5 Å². The molecule has 1 atom stereocenters. The molecular weight excluding hydrogens is 352 g/mol. The van der Waals surface area contributed by atoms with Crippen molar-refractivity contribution in [2.24, 2.45) is 0 Å². The van der Waals surface area contributed by atoms with Crippen molar-refractivity contribution in [3.63, 3.8) is 0 Å². The van der Waals surface area contributed by atoms with Crippen molar-refractivity contribution in [2.75, 3.05) is 12.0 Å². The van der Waals surface area contributed by atoms with Crippen LogP contribution in [-0.4, -0.2) is 41.9 Å². The van der Waals surface area contributed by atoms with E-state index in [0.717, 1.165) is 25.7 Å². The molecule has 5 nitrogen and oxygen atoms in total. The van der Waals surface area contributed by atoms with Crippen LogP contribution in [0, 0.1) is 0 Å². The van der Waals surface area contributed by atoms with Crippen molar-refractivity contribution in [2.45, 2.75) is 88.8 Å². The van der Waals surface area contributed by atoms with Gasteiger partial charge in [-0.2, -0.15) is 0 Å². The summed E-state index contributed by atoms with van der Waals surface area (Å²) in [5.74, 6) is 0.411. The molecule has 1 saturated heterocycles. The highest BCUT2D eigenvalue weighted by atomic mass is 16.5. The van der Waals surface area contributed by atoms with Gasteiger partial charge in [0.25, 0.3) is 5.91 Å². The Labute approximate surface area is 168 Å². The maximum Gasteiger partial charge on any atom is 0.251 e. The summed E-state index contributed by atoms with van der Waals surface area (Å²) in [7, 11) is 1.58. The second-order valence-corrected chi connectivity index (χ2v) is 8.49. The molecule has 1 aromatic rings. The van der Waals surface area contributed by atoms with Crippen LogP contribution in [-0.2, 0) is 9.59 Å². The molecule has 28 heavy (non-hydrogen) atoms. The largest absolute Gasteiger partial charge is 0.495 e. The van der Waals surface area contributed by atoms with Crippen LogP contribution in [0.25, 0.3) is 0 Å². The molecular formula is C23H32N2O3. The van der Waals surface area contributed by atoms with E-state index >= 15 is 0 Å². The van der Waals surface area contributed by atoms with E-state index in [1.54, 1.807) is 7.11 Å². The maximum absolute atomic E-state index is 13.5. The molecule has 4 rings (SSSR count). The molecule has 5 heteroatoms. The number of nitrogens with zero attached hydrogens (tertiary/aromatic N) is 2. The molecule has 0 radical (unpaired) electrons. The predicted molar refractivity (Wildman–Crippen MR) is 109 cm³/mol. The third kappa shape index (κ3) is 3.69. The number of anilines is 1. The SMILES string of the molecule is COc1ccccc1N1C(=O)CC(N(C2CCCCC2)C2CCCCC2)C1=O. The second-order valence-electron chi connectivity index (χ2n) is 8.49. The molecule has 0 N–H and O–H groups in total. The van der Waals surface area contributed by atoms with Gasteiger partial charge in [-0.1, -0.05) is 50.7 Å². The number of para-hydroxylation sites is 2. The lowest BCUT2D eigenvalue weighted by molar-refractivity contribution is -0.124. The van der Waals surface area contributed by atoms with E-state index in [1.165, 1.54) is 43.4 Å². The third-order valence-corrected chi connectivity index (χ3v) is 6.80. The smallest absolute Gasteiger partial charge is 0.251 e. The lowest BCUT2D eigenvalue weighted by Gasteiger charge is -2.44. The number of rotatable bonds is 5. The fourth-order valence-corrected chi connectivity index (χ4v) is 5.48. The molecule has 2 aliphatic carbocycles. The summed E-state index contributed by atoms with van der Waals surface area (Å²) in [6, 6.07) is 7.90. The van der Waals surface area contributed by atoms with Crippen LogP contribution in [0.1, 0.15) is 70.6 Å². The van der Waals surface area contributed by atoms with Gasteiger partial charge in [0.15, 0.2) is 0 Å². The lowest BCUT2D eigenvalue weighted by Crippen LogP contribution is -2.53. The third-order valence-electron chi connectivity index (χ3n) is 6.80. The molecule has 3 aliphatic rings. The highest BCUT2D eigenvalue weighted by Gasteiger charge is 2.47. The van der Waals surface area contributed by atoms with Gasteiger partial charge in [-0.3, -0.25) is 14.5 Å². The van der Waals surface area contributed by atoms with Gasteiger partial charge in [0.2, 0.25) is 5.91 Å². The standard InChI is InChI=1S/C23H32N2O3/c1-28-21-15-9-8-14-19(21)25-22(26)16-20(23(25)27)24(17-10-4-2-5-11-17)18-12-6-3-7-13-18/h8-9,14-15,17-18,20H,2-7,10-13,16H2,1H3. The van der Waals surface area contributed by atoms with E-state index in [2.05, 4.69) is 4.90 Å². The highest BCUT2D eigenvalue weighted by molar-refractivity contribution is 6.23. The zero-order valence-electron chi connectivity index (χ0n) is 16.9. The molecule has 3 fully saturated rings. The first-order valence-electron chi connectivity index (χ1n) is 11.0. The zero-order valence-corrected chi connectivity index (χ0v) is 16.9. The number of ether oxygens (including phenoxy) is 1. The average Bonchev–Trinajstić information content (AvgIpc) is 3.03. The van der Waals surface area contributed by atoms with E-state index in [1.807, 2.05) is 24.3 Å². The molecule has 1 unspecified atom stereocenters. The van der Waals surface area contributed by atoms with Crippen LogP contribution in [0.15, 0.2) is 24.3 Å². The Morgan fingerprint density at radius 3 is 2.04 bits per heavy atom. The van der Waals surface area contributed by atoms with Gasteiger partial charge in [-0.05, 0) is 37.8 Å². The number of carbonyl (C=O) groups excluding carboxylic acids is 2. The van der Waals surface area contributed by atoms with Crippen molar-refractivity contribution in [3.05, 3.63) is 24.3 Å². The van der Waals surface area contributed by atoms with Crippen LogP contribution in [0.3, 0.4) is 0 Å². The molecule has 1 heterocycles. The first kappa shape index (κ1) is 19.4. The average molecular weight is 385 g/mol. The minimum atomic E-state index is -0.316. The quantitative estimate of drug-likeness (QED) is 0.711. The normalized spacial score (nSPS) is 24.9. The summed E-state index contributed by atoms with van der Waals surface area (Å²) in [4.78, 5) is 30.3. The van der Waals surface area contributed by atoms with E-state index in [-0.39, 0.29) is 17.9 Å². The van der Waals surface area contributed by atoms with Gasteiger partial charge in [-0.15, -0.1) is 0 Å². The van der Waals surface area contributed by atoms with Crippen molar-refractivity contribution in [1.82, 2.24) is 4.90 Å². The summed E-state index contributed by atoms with van der Waals surface area (Å²) in [5.41, 5.74) is 0.578. The monoisotopic (exact) mass is 384 g/mol. The maximum atomic E-state index is 13.5. The Balaban J connectivity index is 1.63. The molecule has 1 aliphatic heterocycles. The molecule has 2 amide bonds. The van der Waals surface area contributed by atoms with Crippen molar-refractivity contribution < 1.29 is 14.3 Å². The molecule has 152 valence electrons. The molecule has 0 bridgehead atoms. The zero-order chi connectivity index (χ0) is 19.5. The summed E-state index contributed by atoms with van der Waals surface area (Å²) >= 11 is 0. The van der Waals surface area contributed by atoms with Gasteiger partial charge in [0.1, 0.15) is 5.75 Å². The fraction of sp³-hybridized carbons (Fsp3) is 0.652. The topological polar surface area (TPSA) is 49.9 Å². The van der Waals surface area contributed by atoms with E-state index in [4.69, 9.17) is 4.74 Å². The van der Waals surface area contributed by atoms with Crippen LogP contribution < -0.4 is 9.64 Å². The number of hydrogen-bond acceptors (Lipinski definition) is 4. The Hall–Kier alpha value is -1.88. The molecule has 0 spiro atoms. The fourth-order valence-electron chi connectivity index (χ4n) is 5.48. The lowest BCUT2D eigenvalue weighted by atomic mass is 9.87. The minimum absolute atomic E-state index is 0.0642. The van der Waals surface area contributed by atoms with Gasteiger partial charge < -0.3 is 4.74 Å². The number of methoxy groups -OCH3 is 1. The Morgan fingerprint density at radius 2 is 1.46 bits per heavy atom. The number of benzene rings is 1. The van der Waals surface area contributed by atoms with Crippen LogP contribution in [0.2, 0.25) is 0 Å². The summed E-state index contributed by atoms with van der Waals surface area (Å²) in [6.45, 7) is 0. The van der Waals surface area contributed by atoms with E-state index in [0.29, 0.717) is 29.9 Å². The minimum Gasteiger partial charge on any atom is -0.495 e. The van der Waals surface area contributed by atoms with Gasteiger partial charge in [0, 0.05) is 12.1 Å². The summed E-state index contributed by atoms with van der Waals surface area (Å²) in [6.07, 6.45) is 12.4. The van der Waals surface area contributed by atoms with Gasteiger partial charge >= 0.3 is 0 Å². The Morgan fingerprint density at radius 1 is 0.893 bits per heavy atom. The van der Waals surface area contributed by atoms with Gasteiger partial charge in [-0.25, -0.2) is 4.90 Å². The highest BCUT2D eigenvalue weighted by Crippen LogP contribution is 2.38. The molecule has 1 aromatic carbocycles. The first-order valence-corrected chi connectivity index (χ1v) is 11.0. The number of hydrogen-bond donors (Lipinski definition) is 0. The molecule has 2 saturated carbocycles. The number of imide groups is 1. The molecule has 0 aromatic heterocycles. The Bertz CT molecular complexity index is 690. The second kappa shape index (κ2) is 8.64. The van der Waals surface area contributed by atoms with E-state index < -0.39 is 0 Å². The first-order chi connectivity index (χ1) is 13.7. The Kier molecular flexibility index (Phi) is 6.00. The number of amides is 2. The van der Waals surface area contributed by atoms with Crippen LogP contribution in [0.4, 0.5) is 5.69 Å². The van der Waals surface area contributed by atoms with Crippen LogP contribution in [0.5, 0.6) is 5.75 Å². The predicted octanol–water partition coefficient (Wildman–Crippen LogP) is 4.29. The van der Waals surface area contributed by atoms with Crippen LogP contribution >= 0.6 is 0 Å². The number of carbonyl (C=O) groups is 2. The summed E-state index contributed by atoms with van der Waals surface area (Å²) in [5, 5.41) is 0. The van der Waals surface area contributed by atoms with Crippen molar-refractivity contribution in [3.8, 4) is 5.75 Å².